The molecule has 4 heteroatoms. The molecule has 0 saturated carbocycles. The fraction of sp³-hybridized carbons (Fsp3) is 0.538. The van der Waals surface area contributed by atoms with Crippen LogP contribution in [0.5, 0.6) is 0 Å². The standard InChI is InChI=1S/C13H19N3O/c1-16-8-5-11(6-9-16)10-13(17)15-12-4-2-3-7-14-12/h2-4,7,11H,5-6,8-10H2,1H3,(H,14,15,17). The number of aromatic nitrogens is 1. The van der Waals surface area contributed by atoms with Crippen LogP contribution in [0.25, 0.3) is 0 Å². The maximum absolute atomic E-state index is 11.8. The Morgan fingerprint density at radius 3 is 2.88 bits per heavy atom. The Balaban J connectivity index is 1.78. The summed E-state index contributed by atoms with van der Waals surface area (Å²) in [6.45, 7) is 2.20. The molecule has 0 radical (unpaired) electrons. The molecule has 0 atom stereocenters. The van der Waals surface area contributed by atoms with Crippen molar-refractivity contribution in [1.82, 2.24) is 9.88 Å². The van der Waals surface area contributed by atoms with E-state index in [0.717, 1.165) is 25.9 Å². The summed E-state index contributed by atoms with van der Waals surface area (Å²) in [6, 6.07) is 5.53. The number of hydrogen-bond acceptors (Lipinski definition) is 3. The molecular formula is C13H19N3O. The topological polar surface area (TPSA) is 45.2 Å². The van der Waals surface area contributed by atoms with Gasteiger partial charge >= 0.3 is 0 Å². The second-order valence-electron chi connectivity index (χ2n) is 4.71. The zero-order valence-corrected chi connectivity index (χ0v) is 10.2. The maximum Gasteiger partial charge on any atom is 0.225 e. The minimum atomic E-state index is 0.0817. The summed E-state index contributed by atoms with van der Waals surface area (Å²) >= 11 is 0. The number of amides is 1. The normalized spacial score (nSPS) is 17.9. The molecule has 0 aliphatic carbocycles. The molecular weight excluding hydrogens is 214 g/mol. The van der Waals surface area contributed by atoms with E-state index >= 15 is 0 Å². The van der Waals surface area contributed by atoms with Crippen LogP contribution in [0.1, 0.15) is 19.3 Å². The lowest BCUT2D eigenvalue weighted by molar-refractivity contribution is -0.117. The number of piperidine rings is 1. The van der Waals surface area contributed by atoms with Gasteiger partial charge in [0.25, 0.3) is 0 Å². The van der Waals surface area contributed by atoms with Crippen LogP contribution in [0.4, 0.5) is 5.82 Å². The maximum atomic E-state index is 11.8. The lowest BCUT2D eigenvalue weighted by Gasteiger charge is -2.28. The monoisotopic (exact) mass is 233 g/mol. The molecule has 92 valence electrons. The van der Waals surface area contributed by atoms with Crippen molar-refractivity contribution in [2.24, 2.45) is 5.92 Å². The van der Waals surface area contributed by atoms with Gasteiger partial charge in [0.1, 0.15) is 5.82 Å². The van der Waals surface area contributed by atoms with Crippen molar-refractivity contribution in [1.29, 1.82) is 0 Å². The first-order chi connectivity index (χ1) is 8.24. The fourth-order valence-corrected chi connectivity index (χ4v) is 2.16. The Hall–Kier alpha value is -1.42. The van der Waals surface area contributed by atoms with Crippen molar-refractivity contribution in [2.75, 3.05) is 25.5 Å². The van der Waals surface area contributed by atoms with Gasteiger partial charge < -0.3 is 10.2 Å². The summed E-state index contributed by atoms with van der Waals surface area (Å²) in [5.74, 6) is 1.25. The second-order valence-corrected chi connectivity index (χ2v) is 4.71. The fourth-order valence-electron chi connectivity index (χ4n) is 2.16. The van der Waals surface area contributed by atoms with Crippen LogP contribution < -0.4 is 5.32 Å². The third-order valence-electron chi connectivity index (χ3n) is 3.24. The smallest absolute Gasteiger partial charge is 0.225 e. The van der Waals surface area contributed by atoms with Crippen molar-refractivity contribution in [3.05, 3.63) is 24.4 Å². The highest BCUT2D eigenvalue weighted by Gasteiger charge is 2.19. The minimum absolute atomic E-state index is 0.0817. The molecule has 1 fully saturated rings. The second kappa shape index (κ2) is 5.77. The number of likely N-dealkylation sites (tertiary alicyclic amines) is 1. The van der Waals surface area contributed by atoms with Gasteiger partial charge in [-0.15, -0.1) is 0 Å². The molecule has 1 aliphatic rings. The van der Waals surface area contributed by atoms with Gasteiger partial charge in [0.05, 0.1) is 0 Å². The molecule has 4 nitrogen and oxygen atoms in total. The highest BCUT2D eigenvalue weighted by atomic mass is 16.1. The number of carbonyl (C=O) groups excluding carboxylic acids is 1. The number of carbonyl (C=O) groups is 1. The van der Waals surface area contributed by atoms with Crippen molar-refractivity contribution in [3.8, 4) is 0 Å². The molecule has 1 aliphatic heterocycles. The van der Waals surface area contributed by atoms with Gasteiger partial charge in [0.15, 0.2) is 0 Å². The van der Waals surface area contributed by atoms with E-state index in [1.807, 2.05) is 18.2 Å². The lowest BCUT2D eigenvalue weighted by atomic mass is 9.93. The molecule has 0 spiro atoms. The SMILES string of the molecule is CN1CCC(CC(=O)Nc2ccccn2)CC1. The molecule has 0 bridgehead atoms. The average molecular weight is 233 g/mol. The Morgan fingerprint density at radius 2 is 2.24 bits per heavy atom. The molecule has 0 aromatic carbocycles. The molecule has 1 saturated heterocycles. The average Bonchev–Trinajstić information content (AvgIpc) is 2.33. The Labute approximate surface area is 102 Å². The number of anilines is 1. The first kappa shape index (κ1) is 12.0. The van der Waals surface area contributed by atoms with E-state index in [0.29, 0.717) is 18.2 Å². The minimum Gasteiger partial charge on any atom is -0.311 e. The van der Waals surface area contributed by atoms with E-state index in [4.69, 9.17) is 0 Å². The molecule has 1 aromatic heterocycles. The Bertz CT molecular complexity index is 358. The number of nitrogens with zero attached hydrogens (tertiary/aromatic N) is 2. The van der Waals surface area contributed by atoms with Gasteiger partial charge in [-0.25, -0.2) is 4.98 Å². The molecule has 1 N–H and O–H groups in total. The molecule has 17 heavy (non-hydrogen) atoms. The van der Waals surface area contributed by atoms with Gasteiger partial charge in [0, 0.05) is 12.6 Å². The molecule has 2 rings (SSSR count). The van der Waals surface area contributed by atoms with E-state index in [2.05, 4.69) is 22.2 Å². The zero-order valence-electron chi connectivity index (χ0n) is 10.2. The first-order valence-electron chi connectivity index (χ1n) is 6.13. The summed E-state index contributed by atoms with van der Waals surface area (Å²) in [7, 11) is 2.13. The van der Waals surface area contributed by atoms with Crippen LogP contribution in [0.15, 0.2) is 24.4 Å². The summed E-state index contributed by atoms with van der Waals surface area (Å²) in [5.41, 5.74) is 0. The van der Waals surface area contributed by atoms with E-state index in [1.165, 1.54) is 0 Å². The van der Waals surface area contributed by atoms with Crippen molar-refractivity contribution in [3.63, 3.8) is 0 Å². The largest absolute Gasteiger partial charge is 0.311 e. The summed E-state index contributed by atoms with van der Waals surface area (Å²) < 4.78 is 0. The van der Waals surface area contributed by atoms with E-state index in [9.17, 15) is 4.79 Å². The van der Waals surface area contributed by atoms with E-state index < -0.39 is 0 Å². The number of pyridine rings is 1. The van der Waals surface area contributed by atoms with Crippen LogP contribution >= 0.6 is 0 Å². The predicted octanol–water partition coefficient (Wildman–Crippen LogP) is 1.75. The summed E-state index contributed by atoms with van der Waals surface area (Å²) in [4.78, 5) is 18.2. The first-order valence-corrected chi connectivity index (χ1v) is 6.13. The highest BCUT2D eigenvalue weighted by Crippen LogP contribution is 2.19. The van der Waals surface area contributed by atoms with Gasteiger partial charge in [0.2, 0.25) is 5.91 Å². The molecule has 1 amide bonds. The van der Waals surface area contributed by atoms with Gasteiger partial charge in [-0.3, -0.25) is 4.79 Å². The van der Waals surface area contributed by atoms with E-state index in [-0.39, 0.29) is 5.91 Å². The quantitative estimate of drug-likeness (QED) is 0.865. The van der Waals surface area contributed by atoms with Crippen molar-refractivity contribution >= 4 is 11.7 Å². The third kappa shape index (κ3) is 3.82. The molecule has 1 aromatic rings. The van der Waals surface area contributed by atoms with Crippen LogP contribution in [0.3, 0.4) is 0 Å². The van der Waals surface area contributed by atoms with Crippen LogP contribution in [0.2, 0.25) is 0 Å². The highest BCUT2D eigenvalue weighted by molar-refractivity contribution is 5.89. The predicted molar refractivity (Wildman–Crippen MR) is 67.7 cm³/mol. The van der Waals surface area contributed by atoms with Crippen LogP contribution in [-0.4, -0.2) is 35.9 Å². The molecule has 0 unspecified atom stereocenters. The lowest BCUT2D eigenvalue weighted by Crippen LogP contribution is -2.32. The van der Waals surface area contributed by atoms with Crippen LogP contribution in [-0.2, 0) is 4.79 Å². The third-order valence-corrected chi connectivity index (χ3v) is 3.24. The summed E-state index contributed by atoms with van der Waals surface area (Å²) in [5, 5.41) is 2.84. The van der Waals surface area contributed by atoms with Gasteiger partial charge in [-0.05, 0) is 51.0 Å². The summed E-state index contributed by atoms with van der Waals surface area (Å²) in [6.07, 6.45) is 4.54. The van der Waals surface area contributed by atoms with Gasteiger partial charge in [-0.1, -0.05) is 6.07 Å². The molecule has 2 heterocycles. The van der Waals surface area contributed by atoms with Gasteiger partial charge in [-0.2, -0.15) is 0 Å². The van der Waals surface area contributed by atoms with Crippen molar-refractivity contribution in [2.45, 2.75) is 19.3 Å². The zero-order chi connectivity index (χ0) is 12.1. The Morgan fingerprint density at radius 1 is 1.47 bits per heavy atom. The number of nitrogens with one attached hydrogen (secondary N) is 1. The van der Waals surface area contributed by atoms with Crippen LogP contribution in [0, 0.1) is 5.92 Å². The number of hydrogen-bond donors (Lipinski definition) is 1. The Kier molecular flexibility index (Phi) is 4.09. The van der Waals surface area contributed by atoms with E-state index in [1.54, 1.807) is 6.20 Å². The number of rotatable bonds is 3. The van der Waals surface area contributed by atoms with Crippen molar-refractivity contribution < 1.29 is 4.79 Å².